The number of nitrogens with one attached hydrogen (secondary N) is 1. The number of phenolic OH excluding ortho intramolecular Hbond substituents is 1. The molecule has 0 unspecified atom stereocenters. The van der Waals surface area contributed by atoms with Crippen LogP contribution in [-0.4, -0.2) is 31.6 Å². The van der Waals surface area contributed by atoms with Gasteiger partial charge in [0.25, 0.3) is 0 Å². The summed E-state index contributed by atoms with van der Waals surface area (Å²) in [5, 5.41) is 22.1. The molecule has 122 valence electrons. The van der Waals surface area contributed by atoms with Gasteiger partial charge in [0.2, 0.25) is 0 Å². The molecule has 0 saturated heterocycles. The molecule has 2 aromatic carbocycles. The number of Topliss-reactive ketones (excluding diaryl/α,β-unsaturated/α-hetero) is 1. The lowest BCUT2D eigenvalue weighted by atomic mass is 10.0. The molecule has 0 bridgehead atoms. The highest BCUT2D eigenvalue weighted by Crippen LogP contribution is 2.28. The number of carbonyl (C=O) groups is 1. The van der Waals surface area contributed by atoms with Gasteiger partial charge in [0.1, 0.15) is 23.9 Å². The van der Waals surface area contributed by atoms with Crippen molar-refractivity contribution >= 4 is 5.78 Å². The highest BCUT2D eigenvalue weighted by atomic mass is 19.1. The van der Waals surface area contributed by atoms with Crippen LogP contribution in [0.5, 0.6) is 17.2 Å². The van der Waals surface area contributed by atoms with E-state index in [1.807, 2.05) is 14.1 Å². The molecule has 0 amide bonds. The number of phenols is 1. The molecule has 0 spiro atoms. The lowest BCUT2D eigenvalue weighted by Crippen LogP contribution is -3.04. The smallest absolute Gasteiger partial charge is 0.199 e. The Labute approximate surface area is 133 Å². The fraction of sp³-hybridized carbons (Fsp3) is 0.235. The Morgan fingerprint density at radius 3 is 2.48 bits per heavy atom. The molecule has 2 N–H and O–H groups in total. The Balaban J connectivity index is 2.14. The Kier molecular flexibility index (Phi) is 5.18. The van der Waals surface area contributed by atoms with Gasteiger partial charge >= 0.3 is 0 Å². The lowest BCUT2D eigenvalue weighted by Gasteiger charge is -2.20. The van der Waals surface area contributed by atoms with E-state index in [9.17, 15) is 19.4 Å². The number of hydrogen-bond acceptors (Lipinski definition) is 4. The molecule has 0 fully saturated rings. The third kappa shape index (κ3) is 4.20. The third-order valence-corrected chi connectivity index (χ3v) is 3.25. The second-order valence-electron chi connectivity index (χ2n) is 5.49. The third-order valence-electron chi connectivity index (χ3n) is 3.25. The van der Waals surface area contributed by atoms with Crippen LogP contribution in [0.1, 0.15) is 15.9 Å². The minimum atomic E-state index is -0.491. The molecule has 0 aromatic heterocycles. The van der Waals surface area contributed by atoms with Crippen LogP contribution in [-0.2, 0) is 6.54 Å². The molecule has 23 heavy (non-hydrogen) atoms. The van der Waals surface area contributed by atoms with E-state index in [1.54, 1.807) is 0 Å². The summed E-state index contributed by atoms with van der Waals surface area (Å²) in [4.78, 5) is 13.1. The molecular formula is C17H18FNO4. The zero-order valence-electron chi connectivity index (χ0n) is 12.9. The first-order valence-corrected chi connectivity index (χ1v) is 7.11. The van der Waals surface area contributed by atoms with Gasteiger partial charge in [-0.25, -0.2) is 4.39 Å². The van der Waals surface area contributed by atoms with Crippen molar-refractivity contribution in [2.45, 2.75) is 6.54 Å². The monoisotopic (exact) mass is 319 g/mol. The summed E-state index contributed by atoms with van der Waals surface area (Å²) in [7, 11) is 3.68. The van der Waals surface area contributed by atoms with Gasteiger partial charge in [-0.3, -0.25) is 4.79 Å². The summed E-state index contributed by atoms with van der Waals surface area (Å²) in [5.41, 5.74) is 0.179. The van der Waals surface area contributed by atoms with Crippen LogP contribution >= 0.6 is 0 Å². The Hall–Kier alpha value is -2.60. The van der Waals surface area contributed by atoms with Crippen molar-refractivity contribution < 1.29 is 29.0 Å². The minimum Gasteiger partial charge on any atom is -0.872 e. The fourth-order valence-corrected chi connectivity index (χ4v) is 2.12. The number of quaternary nitrogens is 1. The minimum absolute atomic E-state index is 0.0267. The maximum absolute atomic E-state index is 12.8. The van der Waals surface area contributed by atoms with Crippen LogP contribution in [0.3, 0.4) is 0 Å². The SMILES string of the molecule is C[NH+](C)Cc1c(O)ccc(C(=O)COc2ccc(F)cc2)c1[O-]. The number of halogens is 1. The van der Waals surface area contributed by atoms with E-state index in [2.05, 4.69) is 0 Å². The van der Waals surface area contributed by atoms with Crippen molar-refractivity contribution in [2.24, 2.45) is 0 Å². The van der Waals surface area contributed by atoms with Crippen LogP contribution in [0.4, 0.5) is 4.39 Å². The zero-order valence-corrected chi connectivity index (χ0v) is 12.9. The van der Waals surface area contributed by atoms with Gasteiger partial charge in [0.15, 0.2) is 12.4 Å². The van der Waals surface area contributed by atoms with Crippen molar-refractivity contribution in [2.75, 3.05) is 20.7 Å². The van der Waals surface area contributed by atoms with E-state index in [-0.39, 0.29) is 23.5 Å². The molecule has 0 aliphatic carbocycles. The summed E-state index contributed by atoms with van der Waals surface area (Å²) in [6.07, 6.45) is 0. The Morgan fingerprint density at radius 2 is 1.87 bits per heavy atom. The van der Waals surface area contributed by atoms with E-state index in [0.717, 1.165) is 4.90 Å². The average Bonchev–Trinajstić information content (AvgIpc) is 2.50. The maximum atomic E-state index is 12.8. The molecule has 0 aliphatic heterocycles. The largest absolute Gasteiger partial charge is 0.872 e. The average molecular weight is 319 g/mol. The van der Waals surface area contributed by atoms with Crippen molar-refractivity contribution in [1.82, 2.24) is 0 Å². The van der Waals surface area contributed by atoms with Gasteiger partial charge in [0, 0.05) is 11.1 Å². The zero-order chi connectivity index (χ0) is 17.0. The van der Waals surface area contributed by atoms with Gasteiger partial charge in [-0.05, 0) is 36.4 Å². The summed E-state index contributed by atoms with van der Waals surface area (Å²) >= 11 is 0. The van der Waals surface area contributed by atoms with E-state index in [1.165, 1.54) is 36.4 Å². The summed E-state index contributed by atoms with van der Waals surface area (Å²) in [6, 6.07) is 7.87. The number of rotatable bonds is 6. The second kappa shape index (κ2) is 7.11. The quantitative estimate of drug-likeness (QED) is 0.761. The predicted octanol–water partition coefficient (Wildman–Crippen LogP) is 0.511. The molecule has 5 nitrogen and oxygen atoms in total. The number of ether oxygens (including phenoxy) is 1. The van der Waals surface area contributed by atoms with E-state index in [4.69, 9.17) is 4.74 Å². The van der Waals surface area contributed by atoms with Crippen molar-refractivity contribution in [3.05, 3.63) is 53.3 Å². The maximum Gasteiger partial charge on any atom is 0.199 e. The van der Waals surface area contributed by atoms with Crippen molar-refractivity contribution in [3.63, 3.8) is 0 Å². The standard InChI is InChI=1S/C17H18FNO4/c1-19(2)9-14-15(20)8-7-13(17(14)22)16(21)10-23-12-5-3-11(18)4-6-12/h3-8,20,22H,9-10H2,1-2H3. The summed E-state index contributed by atoms with van der Waals surface area (Å²) in [6.45, 7) is -0.0233. The lowest BCUT2D eigenvalue weighted by molar-refractivity contribution is -0.872. The predicted molar refractivity (Wildman–Crippen MR) is 80.3 cm³/mol. The number of carbonyl (C=O) groups excluding carboxylic acids is 1. The van der Waals surface area contributed by atoms with Crippen LogP contribution in [0, 0.1) is 5.82 Å². The van der Waals surface area contributed by atoms with Crippen LogP contribution in [0.2, 0.25) is 0 Å². The normalized spacial score (nSPS) is 10.8. The van der Waals surface area contributed by atoms with Gasteiger partial charge in [-0.1, -0.05) is 5.75 Å². The molecule has 0 aliphatic rings. The number of hydrogen-bond donors (Lipinski definition) is 2. The molecule has 0 saturated carbocycles. The number of benzene rings is 2. The first kappa shape index (κ1) is 16.8. The topological polar surface area (TPSA) is 74.0 Å². The van der Waals surface area contributed by atoms with Gasteiger partial charge in [0.05, 0.1) is 14.1 Å². The Bertz CT molecular complexity index is 698. The first-order chi connectivity index (χ1) is 10.9. The van der Waals surface area contributed by atoms with E-state index < -0.39 is 17.3 Å². The van der Waals surface area contributed by atoms with Gasteiger partial charge < -0.3 is 19.8 Å². The molecule has 2 aromatic rings. The number of aromatic hydroxyl groups is 1. The Morgan fingerprint density at radius 1 is 1.22 bits per heavy atom. The van der Waals surface area contributed by atoms with Crippen LogP contribution in [0.15, 0.2) is 36.4 Å². The van der Waals surface area contributed by atoms with Crippen molar-refractivity contribution in [3.8, 4) is 17.2 Å². The van der Waals surface area contributed by atoms with Gasteiger partial charge in [-0.2, -0.15) is 0 Å². The number of ketones is 1. The second-order valence-corrected chi connectivity index (χ2v) is 5.49. The molecule has 2 rings (SSSR count). The highest BCUT2D eigenvalue weighted by molar-refractivity contribution is 6.00. The highest BCUT2D eigenvalue weighted by Gasteiger charge is 2.14. The summed E-state index contributed by atoms with van der Waals surface area (Å²) < 4.78 is 18.1. The molecule has 0 heterocycles. The molecular weight excluding hydrogens is 301 g/mol. The molecule has 0 atom stereocenters. The van der Waals surface area contributed by atoms with Crippen LogP contribution < -0.4 is 14.7 Å². The summed E-state index contributed by atoms with van der Waals surface area (Å²) in [5.74, 6) is -1.16. The van der Waals surface area contributed by atoms with Crippen LogP contribution in [0.25, 0.3) is 0 Å². The fourth-order valence-electron chi connectivity index (χ4n) is 2.12. The molecule has 0 radical (unpaired) electrons. The van der Waals surface area contributed by atoms with E-state index >= 15 is 0 Å². The van der Waals surface area contributed by atoms with Crippen molar-refractivity contribution in [1.29, 1.82) is 0 Å². The van der Waals surface area contributed by atoms with Gasteiger partial charge in [-0.15, -0.1) is 0 Å². The molecule has 6 heteroatoms. The van der Waals surface area contributed by atoms with E-state index in [0.29, 0.717) is 12.3 Å². The first-order valence-electron chi connectivity index (χ1n) is 7.11.